The highest BCUT2D eigenvalue weighted by Gasteiger charge is 2.13. The van der Waals surface area contributed by atoms with Crippen LogP contribution in [0.4, 0.5) is 0 Å². The van der Waals surface area contributed by atoms with Crippen LogP contribution in [0.25, 0.3) is 22.2 Å². The molecule has 0 aliphatic rings. The predicted octanol–water partition coefficient (Wildman–Crippen LogP) is 3.90. The zero-order valence-electron chi connectivity index (χ0n) is 11.1. The molecular formula is C15H13ClN2O2. The van der Waals surface area contributed by atoms with Crippen molar-refractivity contribution < 1.29 is 9.47 Å². The molecular weight excluding hydrogens is 276 g/mol. The summed E-state index contributed by atoms with van der Waals surface area (Å²) in [6.07, 6.45) is 3.48. The molecule has 0 aliphatic carbocycles. The fraction of sp³-hybridized carbons (Fsp3) is 0.133. The minimum absolute atomic E-state index is 0.653. The molecule has 0 aliphatic heterocycles. The van der Waals surface area contributed by atoms with Gasteiger partial charge in [0.15, 0.2) is 11.5 Å². The molecule has 5 heteroatoms. The van der Waals surface area contributed by atoms with Crippen LogP contribution >= 0.6 is 11.6 Å². The smallest absolute Gasteiger partial charge is 0.161 e. The van der Waals surface area contributed by atoms with Crippen LogP contribution in [0.15, 0.2) is 36.7 Å². The van der Waals surface area contributed by atoms with E-state index in [1.165, 1.54) is 0 Å². The van der Waals surface area contributed by atoms with Crippen molar-refractivity contribution in [1.29, 1.82) is 0 Å². The molecule has 4 nitrogen and oxygen atoms in total. The Morgan fingerprint density at radius 3 is 2.60 bits per heavy atom. The average molecular weight is 289 g/mol. The van der Waals surface area contributed by atoms with Crippen LogP contribution in [0.5, 0.6) is 11.5 Å². The van der Waals surface area contributed by atoms with Gasteiger partial charge in [-0.05, 0) is 24.3 Å². The van der Waals surface area contributed by atoms with Crippen molar-refractivity contribution in [3.05, 3.63) is 41.7 Å². The van der Waals surface area contributed by atoms with E-state index in [1.807, 2.05) is 24.3 Å². The number of H-pyrrole nitrogens is 1. The highest BCUT2D eigenvalue weighted by molar-refractivity contribution is 6.38. The summed E-state index contributed by atoms with van der Waals surface area (Å²) in [4.78, 5) is 7.39. The van der Waals surface area contributed by atoms with E-state index < -0.39 is 0 Å². The molecule has 20 heavy (non-hydrogen) atoms. The first kappa shape index (κ1) is 12.8. The molecule has 2 aromatic heterocycles. The van der Waals surface area contributed by atoms with Crippen molar-refractivity contribution >= 4 is 22.5 Å². The fourth-order valence-corrected chi connectivity index (χ4v) is 2.50. The second kappa shape index (κ2) is 5.06. The van der Waals surface area contributed by atoms with Gasteiger partial charge in [0.1, 0.15) is 0 Å². The number of aromatic nitrogens is 2. The molecule has 0 amide bonds. The zero-order valence-corrected chi connectivity index (χ0v) is 11.9. The maximum Gasteiger partial charge on any atom is 0.161 e. The van der Waals surface area contributed by atoms with Crippen molar-refractivity contribution in [3.63, 3.8) is 0 Å². The predicted molar refractivity (Wildman–Crippen MR) is 79.6 cm³/mol. The number of ether oxygens (including phenoxy) is 2. The van der Waals surface area contributed by atoms with Crippen molar-refractivity contribution in [1.82, 2.24) is 9.97 Å². The van der Waals surface area contributed by atoms with E-state index in [9.17, 15) is 0 Å². The maximum atomic E-state index is 6.42. The molecule has 0 fully saturated rings. The van der Waals surface area contributed by atoms with Crippen LogP contribution in [0.2, 0.25) is 5.02 Å². The summed E-state index contributed by atoms with van der Waals surface area (Å²) in [5.41, 5.74) is 2.73. The Hall–Kier alpha value is -2.20. The number of nitrogens with one attached hydrogen (secondary N) is 1. The Morgan fingerprint density at radius 2 is 1.90 bits per heavy atom. The third kappa shape index (κ3) is 1.98. The summed E-state index contributed by atoms with van der Waals surface area (Å²) in [5, 5.41) is 1.55. The summed E-state index contributed by atoms with van der Waals surface area (Å²) in [6.45, 7) is 0. The molecule has 0 atom stereocenters. The number of fused-ring (bicyclic) bond motifs is 1. The molecule has 0 saturated carbocycles. The quantitative estimate of drug-likeness (QED) is 0.795. The van der Waals surface area contributed by atoms with E-state index >= 15 is 0 Å². The third-order valence-corrected chi connectivity index (χ3v) is 3.60. The van der Waals surface area contributed by atoms with Gasteiger partial charge in [-0.15, -0.1) is 0 Å². The van der Waals surface area contributed by atoms with Crippen molar-refractivity contribution in [2.45, 2.75) is 0 Å². The van der Waals surface area contributed by atoms with E-state index in [1.54, 1.807) is 26.6 Å². The number of rotatable bonds is 3. The SMILES string of the molecule is COc1ccc(-c2[nH]c3ccncc3c2Cl)cc1OC. The number of hydrogen-bond acceptors (Lipinski definition) is 3. The number of halogens is 1. The monoisotopic (exact) mass is 288 g/mol. The average Bonchev–Trinajstić information content (AvgIpc) is 2.84. The van der Waals surface area contributed by atoms with Gasteiger partial charge in [-0.3, -0.25) is 4.98 Å². The first-order valence-electron chi connectivity index (χ1n) is 6.08. The van der Waals surface area contributed by atoms with Gasteiger partial charge in [0.25, 0.3) is 0 Å². The highest BCUT2D eigenvalue weighted by Crippen LogP contribution is 2.37. The van der Waals surface area contributed by atoms with Crippen LogP contribution in [-0.2, 0) is 0 Å². The second-order valence-electron chi connectivity index (χ2n) is 4.31. The Kier molecular flexibility index (Phi) is 3.24. The Balaban J connectivity index is 2.18. The maximum absolute atomic E-state index is 6.42. The molecule has 0 unspecified atom stereocenters. The van der Waals surface area contributed by atoms with Gasteiger partial charge in [-0.1, -0.05) is 11.6 Å². The topological polar surface area (TPSA) is 47.1 Å². The van der Waals surface area contributed by atoms with Gasteiger partial charge < -0.3 is 14.5 Å². The first-order valence-corrected chi connectivity index (χ1v) is 6.46. The first-order chi connectivity index (χ1) is 9.74. The molecule has 0 spiro atoms. The summed E-state index contributed by atoms with van der Waals surface area (Å²) in [6, 6.07) is 7.58. The van der Waals surface area contributed by atoms with Crippen molar-refractivity contribution in [2.75, 3.05) is 14.2 Å². The van der Waals surface area contributed by atoms with E-state index in [-0.39, 0.29) is 0 Å². The van der Waals surface area contributed by atoms with Gasteiger partial charge in [0.05, 0.1) is 30.5 Å². The minimum atomic E-state index is 0.653. The van der Waals surface area contributed by atoms with Crippen LogP contribution in [0.3, 0.4) is 0 Å². The number of methoxy groups -OCH3 is 2. The van der Waals surface area contributed by atoms with Crippen LogP contribution in [0, 0.1) is 0 Å². The van der Waals surface area contributed by atoms with E-state index in [0.717, 1.165) is 22.2 Å². The second-order valence-corrected chi connectivity index (χ2v) is 4.68. The number of aromatic amines is 1. The third-order valence-electron chi connectivity index (χ3n) is 3.21. The largest absolute Gasteiger partial charge is 0.493 e. The lowest BCUT2D eigenvalue weighted by Crippen LogP contribution is -1.91. The summed E-state index contributed by atoms with van der Waals surface area (Å²) >= 11 is 6.42. The van der Waals surface area contributed by atoms with Crippen molar-refractivity contribution in [3.8, 4) is 22.8 Å². The number of hydrogen-bond donors (Lipinski definition) is 1. The van der Waals surface area contributed by atoms with Crippen LogP contribution < -0.4 is 9.47 Å². The molecule has 0 radical (unpaired) electrons. The molecule has 2 heterocycles. The molecule has 1 aromatic carbocycles. The standard InChI is InChI=1S/C15H13ClN2O2/c1-19-12-4-3-9(7-13(12)20-2)15-14(16)10-8-17-6-5-11(10)18-15/h3-8,18H,1-2H3. The van der Waals surface area contributed by atoms with Gasteiger partial charge in [0, 0.05) is 23.3 Å². The van der Waals surface area contributed by atoms with Gasteiger partial charge in [-0.25, -0.2) is 0 Å². The Morgan fingerprint density at radius 1 is 1.10 bits per heavy atom. The number of benzene rings is 1. The van der Waals surface area contributed by atoms with Crippen LogP contribution in [0.1, 0.15) is 0 Å². The number of pyridine rings is 1. The lowest BCUT2D eigenvalue weighted by atomic mass is 10.1. The Labute approximate surface area is 121 Å². The van der Waals surface area contributed by atoms with Gasteiger partial charge >= 0.3 is 0 Å². The van der Waals surface area contributed by atoms with E-state index in [2.05, 4.69) is 9.97 Å². The molecule has 0 bridgehead atoms. The van der Waals surface area contributed by atoms with Crippen LogP contribution in [-0.4, -0.2) is 24.2 Å². The minimum Gasteiger partial charge on any atom is -0.493 e. The van der Waals surface area contributed by atoms with E-state index in [0.29, 0.717) is 16.5 Å². The highest BCUT2D eigenvalue weighted by atomic mass is 35.5. The molecule has 102 valence electrons. The van der Waals surface area contributed by atoms with Gasteiger partial charge in [-0.2, -0.15) is 0 Å². The zero-order chi connectivity index (χ0) is 14.1. The molecule has 3 rings (SSSR count). The lowest BCUT2D eigenvalue weighted by molar-refractivity contribution is 0.355. The fourth-order valence-electron chi connectivity index (χ4n) is 2.19. The molecule has 1 N–H and O–H groups in total. The van der Waals surface area contributed by atoms with E-state index in [4.69, 9.17) is 21.1 Å². The summed E-state index contributed by atoms with van der Waals surface area (Å²) < 4.78 is 10.6. The van der Waals surface area contributed by atoms with Gasteiger partial charge in [0.2, 0.25) is 0 Å². The number of nitrogens with zero attached hydrogens (tertiary/aromatic N) is 1. The summed E-state index contributed by atoms with van der Waals surface area (Å²) in [5.74, 6) is 1.35. The lowest BCUT2D eigenvalue weighted by Gasteiger charge is -2.09. The van der Waals surface area contributed by atoms with Crippen molar-refractivity contribution in [2.24, 2.45) is 0 Å². The normalized spacial score (nSPS) is 10.8. The molecule has 0 saturated heterocycles. The molecule has 3 aromatic rings. The summed E-state index contributed by atoms with van der Waals surface area (Å²) in [7, 11) is 3.22. The Bertz CT molecular complexity index is 768.